The van der Waals surface area contributed by atoms with Crippen LogP contribution in [0.3, 0.4) is 0 Å². The van der Waals surface area contributed by atoms with Gasteiger partial charge in [-0.2, -0.15) is 0 Å². The molecular formula is C13H14ClN3O2S. The molecule has 0 aromatic carbocycles. The molecule has 1 aromatic heterocycles. The van der Waals surface area contributed by atoms with Crippen LogP contribution in [-0.4, -0.2) is 38.4 Å². The molecule has 2 aliphatic heterocycles. The highest BCUT2D eigenvalue weighted by Crippen LogP contribution is 2.47. The van der Waals surface area contributed by atoms with Crippen molar-refractivity contribution in [1.82, 2.24) is 9.88 Å². The van der Waals surface area contributed by atoms with Gasteiger partial charge in [-0.3, -0.25) is 9.59 Å². The molecule has 2 atom stereocenters. The highest BCUT2D eigenvalue weighted by Gasteiger charge is 2.52. The first-order valence-electron chi connectivity index (χ1n) is 6.38. The van der Waals surface area contributed by atoms with Gasteiger partial charge in [0.1, 0.15) is 11.9 Å². The van der Waals surface area contributed by atoms with Crippen LogP contribution in [0.15, 0.2) is 18.3 Å². The zero-order valence-corrected chi connectivity index (χ0v) is 12.5. The van der Waals surface area contributed by atoms with E-state index in [1.165, 1.54) is 6.20 Å². The third-order valence-electron chi connectivity index (χ3n) is 3.73. The number of rotatable bonds is 2. The molecule has 2 aliphatic rings. The zero-order valence-electron chi connectivity index (χ0n) is 10.9. The van der Waals surface area contributed by atoms with E-state index in [0.29, 0.717) is 23.0 Å². The molecule has 7 heteroatoms. The normalized spacial score (nSPS) is 28.6. The van der Waals surface area contributed by atoms with Gasteiger partial charge in [0.05, 0.1) is 9.89 Å². The number of nitrogens with zero attached hydrogens (tertiary/aromatic N) is 2. The Hall–Kier alpha value is -1.27. The van der Waals surface area contributed by atoms with Gasteiger partial charge in [-0.1, -0.05) is 11.6 Å². The van der Waals surface area contributed by atoms with Gasteiger partial charge < -0.3 is 10.2 Å². The number of thioether (sulfide) groups is 1. The lowest BCUT2D eigenvalue weighted by atomic mass is 10.2. The molecule has 0 bridgehead atoms. The first-order chi connectivity index (χ1) is 9.49. The summed E-state index contributed by atoms with van der Waals surface area (Å²) in [6, 6.07) is 2.89. The Morgan fingerprint density at radius 2 is 2.40 bits per heavy atom. The smallest absolute Gasteiger partial charge is 0.249 e. The molecule has 3 rings (SSSR count). The molecule has 2 saturated heterocycles. The lowest BCUT2D eigenvalue weighted by molar-refractivity contribution is -0.135. The summed E-state index contributed by atoms with van der Waals surface area (Å²) in [5.74, 6) is 0.944. The van der Waals surface area contributed by atoms with E-state index in [1.54, 1.807) is 28.8 Å². The first kappa shape index (κ1) is 13.7. The van der Waals surface area contributed by atoms with Crippen molar-refractivity contribution >= 4 is 41.0 Å². The fraction of sp³-hybridized carbons (Fsp3) is 0.462. The molecule has 5 nitrogen and oxygen atoms in total. The summed E-state index contributed by atoms with van der Waals surface area (Å²) in [5.41, 5.74) is 0. The van der Waals surface area contributed by atoms with Crippen molar-refractivity contribution in [2.24, 2.45) is 0 Å². The predicted octanol–water partition coefficient (Wildman–Crippen LogP) is 2.13. The van der Waals surface area contributed by atoms with Crippen LogP contribution in [0.5, 0.6) is 0 Å². The summed E-state index contributed by atoms with van der Waals surface area (Å²) in [6.45, 7) is 2.02. The summed E-state index contributed by atoms with van der Waals surface area (Å²) in [7, 11) is 0. The van der Waals surface area contributed by atoms with Crippen molar-refractivity contribution in [2.75, 3.05) is 11.1 Å². The second kappa shape index (κ2) is 4.93. The van der Waals surface area contributed by atoms with E-state index in [2.05, 4.69) is 10.3 Å². The number of pyridine rings is 1. The molecule has 0 aliphatic carbocycles. The molecule has 0 radical (unpaired) electrons. The molecule has 2 fully saturated rings. The van der Waals surface area contributed by atoms with Gasteiger partial charge in [-0.15, -0.1) is 11.8 Å². The molecular weight excluding hydrogens is 298 g/mol. The largest absolute Gasteiger partial charge is 0.315 e. The fourth-order valence-corrected chi connectivity index (χ4v) is 4.22. The Labute approximate surface area is 126 Å². The standard InChI is InChI=1S/C13H14ClN3O2S/c1-13-5-4-11(18)17(13)9(7-20-13)12(19)16-10-3-2-8(14)6-15-10/h2-3,6,9H,4-5,7H2,1H3,(H,15,16,19)/t9-,13+/m0/s1. The van der Waals surface area contributed by atoms with Crippen molar-refractivity contribution in [2.45, 2.75) is 30.7 Å². The number of halogens is 1. The fourth-order valence-electron chi connectivity index (χ4n) is 2.67. The summed E-state index contributed by atoms with van der Waals surface area (Å²) in [6.07, 6.45) is 2.80. The van der Waals surface area contributed by atoms with Crippen LogP contribution in [0.2, 0.25) is 5.02 Å². The average Bonchev–Trinajstić information content (AvgIpc) is 2.90. The number of carbonyl (C=O) groups is 2. The maximum Gasteiger partial charge on any atom is 0.249 e. The van der Waals surface area contributed by atoms with Crippen LogP contribution in [0, 0.1) is 0 Å². The number of amides is 2. The minimum atomic E-state index is -0.419. The molecule has 0 saturated carbocycles. The summed E-state index contributed by atoms with van der Waals surface area (Å²) >= 11 is 7.43. The second-order valence-electron chi connectivity index (χ2n) is 5.12. The predicted molar refractivity (Wildman–Crippen MR) is 78.6 cm³/mol. The van der Waals surface area contributed by atoms with Gasteiger partial charge in [0.25, 0.3) is 0 Å². The van der Waals surface area contributed by atoms with Gasteiger partial charge in [-0.25, -0.2) is 4.98 Å². The maximum absolute atomic E-state index is 12.3. The number of fused-ring (bicyclic) bond motifs is 1. The Bertz CT molecular complexity index is 565. The van der Waals surface area contributed by atoms with Gasteiger partial charge in [0.2, 0.25) is 11.8 Å². The third kappa shape index (κ3) is 2.27. The highest BCUT2D eigenvalue weighted by molar-refractivity contribution is 8.01. The quantitative estimate of drug-likeness (QED) is 0.909. The number of anilines is 1. The lowest BCUT2D eigenvalue weighted by Crippen LogP contribution is -2.48. The van der Waals surface area contributed by atoms with Crippen molar-refractivity contribution in [3.8, 4) is 0 Å². The maximum atomic E-state index is 12.3. The van der Waals surface area contributed by atoms with Gasteiger partial charge in [0.15, 0.2) is 0 Å². The molecule has 1 aromatic rings. The number of hydrogen-bond acceptors (Lipinski definition) is 4. The SMILES string of the molecule is C[C@@]12CCC(=O)N1[C@H](C(=O)Nc1ccc(Cl)cn1)CS2. The molecule has 20 heavy (non-hydrogen) atoms. The minimum absolute atomic E-state index is 0.0571. The minimum Gasteiger partial charge on any atom is -0.315 e. The topological polar surface area (TPSA) is 62.3 Å². The van der Waals surface area contributed by atoms with E-state index in [0.717, 1.165) is 6.42 Å². The Morgan fingerprint density at radius 1 is 1.60 bits per heavy atom. The molecule has 0 unspecified atom stereocenters. The molecule has 2 amide bonds. The van der Waals surface area contributed by atoms with E-state index in [9.17, 15) is 9.59 Å². The van der Waals surface area contributed by atoms with E-state index in [1.807, 2.05) is 6.92 Å². The van der Waals surface area contributed by atoms with Gasteiger partial charge in [-0.05, 0) is 25.5 Å². The highest BCUT2D eigenvalue weighted by atomic mass is 35.5. The van der Waals surface area contributed by atoms with Crippen LogP contribution in [0.4, 0.5) is 5.82 Å². The van der Waals surface area contributed by atoms with E-state index < -0.39 is 6.04 Å². The van der Waals surface area contributed by atoms with Gasteiger partial charge in [0, 0.05) is 18.4 Å². The summed E-state index contributed by atoms with van der Waals surface area (Å²) < 4.78 is 0. The number of aromatic nitrogens is 1. The van der Waals surface area contributed by atoms with Crippen molar-refractivity contribution in [3.63, 3.8) is 0 Å². The van der Waals surface area contributed by atoms with Crippen molar-refractivity contribution < 1.29 is 9.59 Å². The third-order valence-corrected chi connectivity index (χ3v) is 5.45. The molecule has 1 N–H and O–H groups in total. The van der Waals surface area contributed by atoms with E-state index >= 15 is 0 Å². The summed E-state index contributed by atoms with van der Waals surface area (Å²) in [5, 5.41) is 3.26. The van der Waals surface area contributed by atoms with Crippen molar-refractivity contribution in [3.05, 3.63) is 23.4 Å². The Balaban J connectivity index is 1.75. The van der Waals surface area contributed by atoms with E-state index in [-0.39, 0.29) is 16.7 Å². The van der Waals surface area contributed by atoms with Crippen LogP contribution in [0.1, 0.15) is 19.8 Å². The number of carbonyl (C=O) groups excluding carboxylic acids is 2. The van der Waals surface area contributed by atoms with Gasteiger partial charge >= 0.3 is 0 Å². The number of nitrogens with one attached hydrogen (secondary N) is 1. The lowest BCUT2D eigenvalue weighted by Gasteiger charge is -2.29. The summed E-state index contributed by atoms with van der Waals surface area (Å²) in [4.78, 5) is 29.8. The molecule has 0 spiro atoms. The van der Waals surface area contributed by atoms with Crippen LogP contribution < -0.4 is 5.32 Å². The molecule has 3 heterocycles. The Kier molecular flexibility index (Phi) is 3.38. The Morgan fingerprint density at radius 3 is 3.10 bits per heavy atom. The zero-order chi connectivity index (χ0) is 14.3. The molecule has 106 valence electrons. The van der Waals surface area contributed by atoms with Crippen LogP contribution >= 0.6 is 23.4 Å². The van der Waals surface area contributed by atoms with Crippen LogP contribution in [-0.2, 0) is 9.59 Å². The monoisotopic (exact) mass is 311 g/mol. The van der Waals surface area contributed by atoms with E-state index in [4.69, 9.17) is 11.6 Å². The second-order valence-corrected chi connectivity index (χ2v) is 7.05. The van der Waals surface area contributed by atoms with Crippen LogP contribution in [0.25, 0.3) is 0 Å². The average molecular weight is 312 g/mol. The number of hydrogen-bond donors (Lipinski definition) is 1. The first-order valence-corrected chi connectivity index (χ1v) is 7.74. The van der Waals surface area contributed by atoms with Crippen molar-refractivity contribution in [1.29, 1.82) is 0 Å².